The van der Waals surface area contributed by atoms with E-state index in [1.54, 1.807) is 56.3 Å². The maximum absolute atomic E-state index is 14.3. The van der Waals surface area contributed by atoms with Crippen molar-refractivity contribution in [3.05, 3.63) is 105 Å². The zero-order chi connectivity index (χ0) is 25.1. The molecule has 3 aromatic carbocycles. The molecule has 0 saturated heterocycles. The summed E-state index contributed by atoms with van der Waals surface area (Å²) in [5.41, 5.74) is 2.19. The number of carbonyl (C=O) groups is 1. The summed E-state index contributed by atoms with van der Waals surface area (Å²) < 4.78 is 15.5. The number of carboxylic acid groups (broad SMARTS) is 1. The van der Waals surface area contributed by atoms with Crippen molar-refractivity contribution in [1.29, 1.82) is 0 Å². The van der Waals surface area contributed by atoms with Crippen LogP contribution >= 0.6 is 0 Å². The largest absolute Gasteiger partial charge is 0.505 e. The molecule has 35 heavy (non-hydrogen) atoms. The lowest BCUT2D eigenvalue weighted by Gasteiger charge is -2.08. The quantitative estimate of drug-likeness (QED) is 0.305. The third kappa shape index (κ3) is 4.89. The number of phenols is 1. The number of nitrogens with one attached hydrogen (secondary N) is 1. The molecule has 1 heterocycles. The smallest absolute Gasteiger partial charge is 0.335 e. The second-order valence-electron chi connectivity index (χ2n) is 8.11. The van der Waals surface area contributed by atoms with Crippen molar-refractivity contribution in [3.8, 4) is 11.4 Å². The summed E-state index contributed by atoms with van der Waals surface area (Å²) >= 11 is 0. The molecule has 0 fully saturated rings. The Balaban J connectivity index is 1.59. The van der Waals surface area contributed by atoms with E-state index < -0.39 is 11.5 Å². The zero-order valence-corrected chi connectivity index (χ0v) is 19.1. The van der Waals surface area contributed by atoms with E-state index in [-0.39, 0.29) is 28.5 Å². The van der Waals surface area contributed by atoms with Crippen molar-refractivity contribution in [2.24, 2.45) is 10.2 Å². The first kappa shape index (κ1) is 23.6. The average Bonchev–Trinajstić information content (AvgIpc) is 3.13. The molecule has 8 nitrogen and oxygen atoms in total. The predicted molar refractivity (Wildman–Crippen MR) is 129 cm³/mol. The highest BCUT2D eigenvalue weighted by Gasteiger charge is 2.15. The number of halogens is 1. The summed E-state index contributed by atoms with van der Waals surface area (Å²) in [5.74, 6) is -1.45. The molecule has 0 aliphatic carbocycles. The standard InChI is InChI=1S/C26H23FN4O4/c1-15-6-3-7-17(22(15)27)12-13-18-8-5-11-21(24(18)32)28-29-23-16(2)30-31(25(23)33)20-10-4-9-19(14-20)26(34)35/h3-11,14,30,32H,12-13H2,1-2H3,(H,34,35). The molecular formula is C26H23FN4O4. The first-order chi connectivity index (χ1) is 16.8. The summed E-state index contributed by atoms with van der Waals surface area (Å²) in [5, 5.41) is 30.9. The normalized spacial score (nSPS) is 11.3. The van der Waals surface area contributed by atoms with E-state index in [1.165, 1.54) is 22.9 Å². The summed E-state index contributed by atoms with van der Waals surface area (Å²) in [4.78, 5) is 24.1. The van der Waals surface area contributed by atoms with Gasteiger partial charge in [-0.05, 0) is 67.6 Å². The average molecular weight is 474 g/mol. The molecule has 0 unspecified atom stereocenters. The van der Waals surface area contributed by atoms with Gasteiger partial charge in [-0.25, -0.2) is 13.9 Å². The Morgan fingerprint density at radius 1 is 1.00 bits per heavy atom. The lowest BCUT2D eigenvalue weighted by molar-refractivity contribution is 0.0697. The Labute approximate surface area is 200 Å². The van der Waals surface area contributed by atoms with E-state index in [1.807, 2.05) is 0 Å². The Morgan fingerprint density at radius 2 is 1.69 bits per heavy atom. The van der Waals surface area contributed by atoms with Gasteiger partial charge in [0.05, 0.1) is 16.9 Å². The van der Waals surface area contributed by atoms with Crippen LogP contribution in [0.25, 0.3) is 5.69 Å². The van der Waals surface area contributed by atoms with Gasteiger partial charge in [0.1, 0.15) is 17.3 Å². The molecule has 0 spiro atoms. The van der Waals surface area contributed by atoms with Crippen LogP contribution in [0.2, 0.25) is 0 Å². The third-order valence-corrected chi connectivity index (χ3v) is 5.68. The molecule has 1 aromatic heterocycles. The second kappa shape index (κ2) is 9.76. The van der Waals surface area contributed by atoms with E-state index in [9.17, 15) is 24.2 Å². The van der Waals surface area contributed by atoms with Crippen LogP contribution in [0.5, 0.6) is 5.75 Å². The number of phenolic OH excluding ortho intramolecular Hbond substituents is 1. The van der Waals surface area contributed by atoms with Gasteiger partial charge in [0.15, 0.2) is 5.69 Å². The van der Waals surface area contributed by atoms with Crippen molar-refractivity contribution >= 4 is 17.3 Å². The Morgan fingerprint density at radius 3 is 2.46 bits per heavy atom. The topological polar surface area (TPSA) is 120 Å². The number of azo groups is 1. The molecule has 3 N–H and O–H groups in total. The molecular weight excluding hydrogens is 451 g/mol. The van der Waals surface area contributed by atoms with Crippen molar-refractivity contribution in [1.82, 2.24) is 9.78 Å². The van der Waals surface area contributed by atoms with Gasteiger partial charge in [0.25, 0.3) is 5.56 Å². The van der Waals surface area contributed by atoms with E-state index >= 15 is 0 Å². The molecule has 9 heteroatoms. The van der Waals surface area contributed by atoms with Gasteiger partial charge >= 0.3 is 5.97 Å². The summed E-state index contributed by atoms with van der Waals surface area (Å²) in [6.07, 6.45) is 0.796. The van der Waals surface area contributed by atoms with Crippen LogP contribution in [-0.2, 0) is 12.8 Å². The van der Waals surface area contributed by atoms with Gasteiger partial charge in [-0.2, -0.15) is 0 Å². The molecule has 0 aliphatic rings. The summed E-state index contributed by atoms with van der Waals surface area (Å²) in [7, 11) is 0. The zero-order valence-electron chi connectivity index (χ0n) is 19.1. The van der Waals surface area contributed by atoms with Gasteiger partial charge < -0.3 is 10.2 Å². The van der Waals surface area contributed by atoms with Crippen LogP contribution in [0.1, 0.15) is 32.7 Å². The van der Waals surface area contributed by atoms with E-state index in [0.717, 1.165) is 0 Å². The van der Waals surface area contributed by atoms with Gasteiger partial charge in [-0.3, -0.25) is 9.89 Å². The van der Waals surface area contributed by atoms with Crippen molar-refractivity contribution < 1.29 is 19.4 Å². The van der Waals surface area contributed by atoms with E-state index in [2.05, 4.69) is 15.3 Å². The molecule has 0 radical (unpaired) electrons. The number of H-pyrrole nitrogens is 1. The van der Waals surface area contributed by atoms with Gasteiger partial charge in [-0.1, -0.05) is 36.4 Å². The number of aromatic amines is 1. The number of aryl methyl sites for hydroxylation is 4. The molecule has 4 rings (SSSR count). The van der Waals surface area contributed by atoms with Gasteiger partial charge in [-0.15, -0.1) is 10.2 Å². The Kier molecular flexibility index (Phi) is 6.59. The number of nitrogens with zero attached hydrogens (tertiary/aromatic N) is 3. The minimum absolute atomic E-state index is 0.0253. The Bertz CT molecular complexity index is 1500. The number of para-hydroxylation sites is 1. The van der Waals surface area contributed by atoms with Gasteiger partial charge in [0.2, 0.25) is 0 Å². The lowest BCUT2D eigenvalue weighted by Crippen LogP contribution is -2.14. The number of aromatic hydroxyl groups is 1. The minimum Gasteiger partial charge on any atom is -0.505 e. The number of hydrogen-bond acceptors (Lipinski definition) is 5. The summed E-state index contributed by atoms with van der Waals surface area (Å²) in [6.45, 7) is 3.34. The molecule has 178 valence electrons. The monoisotopic (exact) mass is 474 g/mol. The number of hydrogen-bond donors (Lipinski definition) is 3. The maximum atomic E-state index is 14.3. The highest BCUT2D eigenvalue weighted by Crippen LogP contribution is 2.32. The second-order valence-corrected chi connectivity index (χ2v) is 8.11. The molecule has 0 bridgehead atoms. The lowest BCUT2D eigenvalue weighted by atomic mass is 10.0. The van der Waals surface area contributed by atoms with E-state index in [0.29, 0.717) is 40.9 Å². The van der Waals surface area contributed by atoms with Crippen LogP contribution in [-0.4, -0.2) is 26.0 Å². The highest BCUT2D eigenvalue weighted by molar-refractivity contribution is 5.88. The number of aromatic nitrogens is 2. The van der Waals surface area contributed by atoms with Crippen molar-refractivity contribution in [2.75, 3.05) is 0 Å². The SMILES string of the molecule is Cc1cccc(CCc2cccc(N=Nc3c(C)[nH]n(-c4cccc(C(=O)O)c4)c3=O)c2O)c1F. The maximum Gasteiger partial charge on any atom is 0.335 e. The summed E-state index contributed by atoms with van der Waals surface area (Å²) in [6, 6.07) is 16.1. The molecule has 0 aliphatic heterocycles. The molecule has 0 amide bonds. The van der Waals surface area contributed by atoms with Crippen molar-refractivity contribution in [2.45, 2.75) is 26.7 Å². The fourth-order valence-corrected chi connectivity index (χ4v) is 3.75. The molecule has 0 saturated carbocycles. The van der Waals surface area contributed by atoms with Crippen LogP contribution in [0, 0.1) is 19.7 Å². The third-order valence-electron chi connectivity index (χ3n) is 5.68. The highest BCUT2D eigenvalue weighted by atomic mass is 19.1. The molecule has 4 aromatic rings. The predicted octanol–water partition coefficient (Wildman–Crippen LogP) is 5.53. The number of aromatic carboxylic acids is 1. The first-order valence-corrected chi connectivity index (χ1v) is 10.9. The number of rotatable bonds is 7. The van der Waals surface area contributed by atoms with Gasteiger partial charge in [0, 0.05) is 0 Å². The van der Waals surface area contributed by atoms with Crippen molar-refractivity contribution in [3.63, 3.8) is 0 Å². The van der Waals surface area contributed by atoms with Crippen LogP contribution in [0.3, 0.4) is 0 Å². The van der Waals surface area contributed by atoms with E-state index in [4.69, 9.17) is 0 Å². The van der Waals surface area contributed by atoms with Crippen LogP contribution < -0.4 is 5.56 Å². The Hall–Kier alpha value is -4.53. The molecule has 0 atom stereocenters. The van der Waals surface area contributed by atoms with Crippen LogP contribution in [0.15, 0.2) is 75.7 Å². The number of carboxylic acids is 1. The first-order valence-electron chi connectivity index (χ1n) is 10.9. The minimum atomic E-state index is -1.11. The fraction of sp³-hybridized carbons (Fsp3) is 0.154. The number of benzene rings is 3. The van der Waals surface area contributed by atoms with Crippen LogP contribution in [0.4, 0.5) is 15.8 Å². The fourth-order valence-electron chi connectivity index (χ4n) is 3.75.